The number of hydrogen-bond donors (Lipinski definition) is 1. The first-order valence-electron chi connectivity index (χ1n) is 7.84. The number of sulfonamides is 1. The number of nitrogens with one attached hydrogen (secondary N) is 1. The fraction of sp³-hybridized carbons (Fsp3) is 1.00. The van der Waals surface area contributed by atoms with Gasteiger partial charge in [-0.1, -0.05) is 6.42 Å². The molecule has 2 saturated heterocycles. The van der Waals surface area contributed by atoms with Gasteiger partial charge in [0.15, 0.2) is 0 Å². The third-order valence-corrected chi connectivity index (χ3v) is 7.20. The van der Waals surface area contributed by atoms with E-state index in [1.165, 1.54) is 6.42 Å². The van der Waals surface area contributed by atoms with Crippen molar-refractivity contribution >= 4 is 10.0 Å². The molecular formula is C14H23NO4S. The summed E-state index contributed by atoms with van der Waals surface area (Å²) in [7, 11) is -3.24. The lowest BCUT2D eigenvalue weighted by molar-refractivity contribution is -0.169. The van der Waals surface area contributed by atoms with Crippen LogP contribution in [-0.2, 0) is 19.5 Å². The van der Waals surface area contributed by atoms with E-state index in [9.17, 15) is 8.42 Å². The molecule has 4 rings (SSSR count). The minimum Gasteiger partial charge on any atom is -0.377 e. The molecule has 114 valence electrons. The van der Waals surface area contributed by atoms with E-state index in [-0.39, 0.29) is 23.3 Å². The summed E-state index contributed by atoms with van der Waals surface area (Å²) in [5, 5.41) is 0. The molecule has 6 heteroatoms. The van der Waals surface area contributed by atoms with E-state index in [4.69, 9.17) is 9.47 Å². The Morgan fingerprint density at radius 2 is 1.95 bits per heavy atom. The maximum Gasteiger partial charge on any atom is 0.214 e. The summed E-state index contributed by atoms with van der Waals surface area (Å²) in [6.07, 6.45) is 6.48. The van der Waals surface area contributed by atoms with Gasteiger partial charge in [0, 0.05) is 30.6 Å². The third-order valence-electron chi connectivity index (χ3n) is 5.77. The highest BCUT2D eigenvalue weighted by atomic mass is 32.2. The molecule has 4 atom stereocenters. The predicted molar refractivity (Wildman–Crippen MR) is 73.8 cm³/mol. The topological polar surface area (TPSA) is 64.6 Å². The Morgan fingerprint density at radius 1 is 1.10 bits per heavy atom. The molecule has 5 nitrogen and oxygen atoms in total. The maximum absolute atomic E-state index is 12.4. The highest BCUT2D eigenvalue weighted by Crippen LogP contribution is 2.62. The van der Waals surface area contributed by atoms with Crippen LogP contribution in [0.2, 0.25) is 0 Å². The van der Waals surface area contributed by atoms with Crippen molar-refractivity contribution in [3.05, 3.63) is 0 Å². The summed E-state index contributed by atoms with van der Waals surface area (Å²) < 4.78 is 39.0. The highest BCUT2D eigenvalue weighted by Gasteiger charge is 2.67. The summed E-state index contributed by atoms with van der Waals surface area (Å²) >= 11 is 0. The van der Waals surface area contributed by atoms with E-state index < -0.39 is 10.0 Å². The zero-order valence-electron chi connectivity index (χ0n) is 11.7. The average molecular weight is 301 g/mol. The van der Waals surface area contributed by atoms with E-state index in [0.29, 0.717) is 18.6 Å². The summed E-state index contributed by atoms with van der Waals surface area (Å²) in [5.41, 5.74) is 0.116. The van der Waals surface area contributed by atoms with Crippen LogP contribution in [0.4, 0.5) is 0 Å². The van der Waals surface area contributed by atoms with Crippen LogP contribution in [0, 0.1) is 11.3 Å². The van der Waals surface area contributed by atoms with Crippen LogP contribution in [-0.4, -0.2) is 45.6 Å². The summed E-state index contributed by atoms with van der Waals surface area (Å²) in [4.78, 5) is 0. The molecule has 0 radical (unpaired) electrons. The lowest BCUT2D eigenvalue weighted by Gasteiger charge is -2.63. The Labute approximate surface area is 120 Å². The smallest absolute Gasteiger partial charge is 0.214 e. The van der Waals surface area contributed by atoms with Crippen LogP contribution < -0.4 is 4.72 Å². The number of rotatable bonds is 4. The van der Waals surface area contributed by atoms with E-state index in [1.54, 1.807) is 0 Å². The number of fused-ring (bicyclic) bond motifs is 2. The van der Waals surface area contributed by atoms with Gasteiger partial charge in [0.25, 0.3) is 0 Å². The molecule has 0 aromatic rings. The van der Waals surface area contributed by atoms with Crippen LogP contribution in [0.15, 0.2) is 0 Å². The molecule has 2 heterocycles. The van der Waals surface area contributed by atoms with Crippen molar-refractivity contribution in [1.29, 1.82) is 0 Å². The molecule has 2 saturated carbocycles. The summed E-state index contributed by atoms with van der Waals surface area (Å²) in [6, 6.07) is 0.107. The van der Waals surface area contributed by atoms with Gasteiger partial charge in [-0.15, -0.1) is 0 Å². The predicted octanol–water partition coefficient (Wildman–Crippen LogP) is 1.04. The Morgan fingerprint density at radius 3 is 2.60 bits per heavy atom. The minimum atomic E-state index is -3.24. The van der Waals surface area contributed by atoms with Crippen LogP contribution >= 0.6 is 0 Å². The van der Waals surface area contributed by atoms with Crippen molar-refractivity contribution in [2.75, 3.05) is 19.0 Å². The van der Waals surface area contributed by atoms with Gasteiger partial charge in [0.1, 0.15) is 0 Å². The van der Waals surface area contributed by atoms with Crippen molar-refractivity contribution in [2.45, 2.75) is 56.8 Å². The molecule has 1 spiro atoms. The van der Waals surface area contributed by atoms with Gasteiger partial charge < -0.3 is 9.47 Å². The van der Waals surface area contributed by atoms with Gasteiger partial charge >= 0.3 is 0 Å². The molecule has 4 aliphatic rings. The number of hydrogen-bond acceptors (Lipinski definition) is 4. The molecule has 2 aliphatic carbocycles. The normalized spacial score (nSPS) is 42.2. The highest BCUT2D eigenvalue weighted by molar-refractivity contribution is 7.89. The van der Waals surface area contributed by atoms with Gasteiger partial charge in [-0.25, -0.2) is 13.1 Å². The zero-order valence-corrected chi connectivity index (χ0v) is 12.5. The van der Waals surface area contributed by atoms with Crippen molar-refractivity contribution in [1.82, 2.24) is 4.72 Å². The van der Waals surface area contributed by atoms with Crippen molar-refractivity contribution in [2.24, 2.45) is 11.3 Å². The monoisotopic (exact) mass is 301 g/mol. The average Bonchev–Trinajstić information content (AvgIpc) is 2.94. The first-order valence-corrected chi connectivity index (χ1v) is 9.49. The van der Waals surface area contributed by atoms with E-state index in [1.807, 2.05) is 0 Å². The molecule has 4 unspecified atom stereocenters. The van der Waals surface area contributed by atoms with Crippen molar-refractivity contribution < 1.29 is 17.9 Å². The van der Waals surface area contributed by atoms with Gasteiger partial charge in [-0.05, 0) is 32.1 Å². The Balaban J connectivity index is 1.45. The van der Waals surface area contributed by atoms with Gasteiger partial charge in [0.2, 0.25) is 10.0 Å². The first-order chi connectivity index (χ1) is 9.61. The minimum absolute atomic E-state index is 0.107. The van der Waals surface area contributed by atoms with Gasteiger partial charge in [-0.3, -0.25) is 0 Å². The van der Waals surface area contributed by atoms with E-state index in [0.717, 1.165) is 38.7 Å². The Hall–Kier alpha value is -0.170. The Kier molecular flexibility index (Phi) is 3.15. The van der Waals surface area contributed by atoms with Crippen LogP contribution in [0.3, 0.4) is 0 Å². The van der Waals surface area contributed by atoms with Gasteiger partial charge in [-0.2, -0.15) is 0 Å². The van der Waals surface area contributed by atoms with Crippen LogP contribution in [0.5, 0.6) is 0 Å². The molecule has 0 aromatic heterocycles. The van der Waals surface area contributed by atoms with Crippen molar-refractivity contribution in [3.8, 4) is 0 Å². The SMILES string of the molecule is O=S(=O)(CC1CCCO1)NC1C2CCOC2C12CCC2. The molecular weight excluding hydrogens is 278 g/mol. The van der Waals surface area contributed by atoms with Crippen LogP contribution in [0.25, 0.3) is 0 Å². The molecule has 2 aliphatic heterocycles. The van der Waals surface area contributed by atoms with Crippen LogP contribution in [0.1, 0.15) is 38.5 Å². The van der Waals surface area contributed by atoms with Crippen molar-refractivity contribution in [3.63, 3.8) is 0 Å². The maximum atomic E-state index is 12.4. The second-order valence-electron chi connectivity index (χ2n) is 6.84. The molecule has 4 fully saturated rings. The largest absolute Gasteiger partial charge is 0.377 e. The molecule has 0 amide bonds. The van der Waals surface area contributed by atoms with Gasteiger partial charge in [0.05, 0.1) is 18.0 Å². The first kappa shape index (κ1) is 13.5. The van der Waals surface area contributed by atoms with E-state index in [2.05, 4.69) is 4.72 Å². The van der Waals surface area contributed by atoms with E-state index >= 15 is 0 Å². The zero-order chi connectivity index (χ0) is 13.8. The molecule has 0 bridgehead atoms. The Bertz CT molecular complexity index is 481. The second kappa shape index (κ2) is 4.66. The third kappa shape index (κ3) is 1.95. The second-order valence-corrected chi connectivity index (χ2v) is 8.64. The lowest BCUT2D eigenvalue weighted by Crippen LogP contribution is -2.71. The molecule has 1 N–H and O–H groups in total. The molecule has 20 heavy (non-hydrogen) atoms. The number of ether oxygens (including phenoxy) is 2. The fourth-order valence-electron chi connectivity index (χ4n) is 4.67. The fourth-order valence-corrected chi connectivity index (χ4v) is 6.32. The summed E-state index contributed by atoms with van der Waals surface area (Å²) in [6.45, 7) is 1.49. The summed E-state index contributed by atoms with van der Waals surface area (Å²) in [5.74, 6) is 0.521. The standard InChI is InChI=1S/C14H23NO4S/c16-20(17,9-10-3-1-7-18-10)15-12-11-4-8-19-13(11)14(12)5-2-6-14/h10-13,15H,1-9H2. The lowest BCUT2D eigenvalue weighted by atomic mass is 9.47. The quantitative estimate of drug-likeness (QED) is 0.843. The molecule has 0 aromatic carbocycles.